The lowest BCUT2D eigenvalue weighted by Gasteiger charge is -2.32. The molecule has 0 spiro atoms. The Morgan fingerprint density at radius 2 is 1.93 bits per heavy atom. The lowest BCUT2D eigenvalue weighted by molar-refractivity contribution is 0.493. The van der Waals surface area contributed by atoms with Crippen LogP contribution in [0.5, 0.6) is 0 Å². The summed E-state index contributed by atoms with van der Waals surface area (Å²) in [5, 5.41) is 9.75. The number of hydrogen-bond donors (Lipinski definition) is 0. The number of aromatic nitrogens is 2. The normalized spacial score (nSPS) is 17.6. The highest BCUT2D eigenvalue weighted by Gasteiger charge is 2.40. The van der Waals surface area contributed by atoms with Gasteiger partial charge in [-0.3, -0.25) is 0 Å². The molecule has 5 nitrogen and oxygen atoms in total. The maximum Gasteiger partial charge on any atom is 0.142 e. The molecule has 2 aliphatic rings. The van der Waals surface area contributed by atoms with E-state index in [1.54, 1.807) is 6.07 Å². The van der Waals surface area contributed by atoms with Crippen molar-refractivity contribution in [2.24, 2.45) is 0 Å². The van der Waals surface area contributed by atoms with Gasteiger partial charge in [-0.25, -0.2) is 9.97 Å². The topological polar surface area (TPSA) is 56.0 Å². The number of benzene rings is 1. The fourth-order valence-electron chi connectivity index (χ4n) is 4.86. The van der Waals surface area contributed by atoms with E-state index in [2.05, 4.69) is 29.7 Å². The van der Waals surface area contributed by atoms with Gasteiger partial charge in [-0.05, 0) is 44.4 Å². The van der Waals surface area contributed by atoms with E-state index in [0.717, 1.165) is 42.7 Å². The van der Waals surface area contributed by atoms with Crippen LogP contribution in [-0.2, 0) is 0 Å². The molecule has 1 atom stereocenters. The summed E-state index contributed by atoms with van der Waals surface area (Å²) in [5.41, 5.74) is 2.77. The Hall–Kier alpha value is -2.32. The summed E-state index contributed by atoms with van der Waals surface area (Å²) in [5.74, 6) is 3.39. The molecule has 0 bridgehead atoms. The number of anilines is 3. The highest BCUT2D eigenvalue weighted by atomic mass is 35.5. The first-order valence-electron chi connectivity index (χ1n) is 10.7. The minimum Gasteiger partial charge on any atom is -0.353 e. The third kappa shape index (κ3) is 3.55. The van der Waals surface area contributed by atoms with Crippen molar-refractivity contribution in [1.29, 1.82) is 5.26 Å². The molecule has 4 rings (SSSR count). The predicted octanol–water partition coefficient (Wildman–Crippen LogP) is 5.72. The van der Waals surface area contributed by atoms with E-state index in [0.29, 0.717) is 22.5 Å². The molecule has 1 aromatic heterocycles. The first kappa shape index (κ1) is 20.0. The van der Waals surface area contributed by atoms with Gasteiger partial charge in [-0.15, -0.1) is 0 Å². The van der Waals surface area contributed by atoms with Crippen LogP contribution >= 0.6 is 11.6 Å². The van der Waals surface area contributed by atoms with E-state index < -0.39 is 0 Å². The molecular weight excluding hydrogens is 382 g/mol. The summed E-state index contributed by atoms with van der Waals surface area (Å²) in [6.45, 7) is 8.42. The maximum atomic E-state index is 9.16. The Morgan fingerprint density at radius 3 is 2.59 bits per heavy atom. The molecule has 0 N–H and O–H groups in total. The van der Waals surface area contributed by atoms with Crippen molar-refractivity contribution >= 4 is 28.9 Å². The highest BCUT2D eigenvalue weighted by molar-refractivity contribution is 6.33. The Morgan fingerprint density at radius 1 is 1.21 bits per heavy atom. The minimum atomic E-state index is 0.477. The maximum absolute atomic E-state index is 9.16. The van der Waals surface area contributed by atoms with E-state index in [4.69, 9.17) is 26.8 Å². The van der Waals surface area contributed by atoms with Crippen LogP contribution in [-0.4, -0.2) is 29.1 Å². The van der Waals surface area contributed by atoms with Crippen molar-refractivity contribution in [2.45, 2.75) is 64.8 Å². The summed E-state index contributed by atoms with van der Waals surface area (Å²) in [6, 6.07) is 8.20. The van der Waals surface area contributed by atoms with Crippen LogP contribution in [0.4, 0.5) is 17.3 Å². The zero-order valence-corrected chi connectivity index (χ0v) is 18.2. The van der Waals surface area contributed by atoms with Gasteiger partial charge in [-0.1, -0.05) is 38.3 Å². The Labute approximate surface area is 178 Å². The highest BCUT2D eigenvalue weighted by Crippen LogP contribution is 2.49. The third-order valence-electron chi connectivity index (χ3n) is 6.12. The molecule has 6 heteroatoms. The standard InChI is InChI=1S/C23H28ClN5/c1-4-6-18(7-5-2)29-14-17-10-11-28(20-9-8-16(13-25)12-19(20)24)22-21(17)23(29)27-15(3)26-22/h8-9,12,17-18H,4-7,10-11,14H2,1-3H3. The quantitative estimate of drug-likeness (QED) is 0.610. The summed E-state index contributed by atoms with van der Waals surface area (Å²) in [6.07, 6.45) is 5.83. The second-order valence-corrected chi connectivity index (χ2v) is 8.54. The van der Waals surface area contributed by atoms with Crippen LogP contribution < -0.4 is 9.80 Å². The Balaban J connectivity index is 1.78. The predicted molar refractivity (Wildman–Crippen MR) is 118 cm³/mol. The molecule has 1 aromatic carbocycles. The van der Waals surface area contributed by atoms with Gasteiger partial charge in [0.05, 0.1) is 22.3 Å². The van der Waals surface area contributed by atoms with Crippen LogP contribution in [0.1, 0.15) is 68.8 Å². The molecule has 0 fully saturated rings. The van der Waals surface area contributed by atoms with Gasteiger partial charge in [0.2, 0.25) is 0 Å². The lowest BCUT2D eigenvalue weighted by atomic mass is 9.94. The molecule has 0 saturated carbocycles. The minimum absolute atomic E-state index is 0.477. The molecule has 2 aliphatic heterocycles. The van der Waals surface area contributed by atoms with Crippen molar-refractivity contribution in [3.63, 3.8) is 0 Å². The van der Waals surface area contributed by atoms with Gasteiger partial charge in [0, 0.05) is 30.6 Å². The average Bonchev–Trinajstić information content (AvgIpc) is 3.07. The molecule has 0 saturated heterocycles. The zero-order valence-electron chi connectivity index (χ0n) is 17.5. The van der Waals surface area contributed by atoms with E-state index in [-0.39, 0.29) is 0 Å². The number of halogens is 1. The first-order valence-corrected chi connectivity index (χ1v) is 11.1. The van der Waals surface area contributed by atoms with Crippen molar-refractivity contribution < 1.29 is 0 Å². The monoisotopic (exact) mass is 409 g/mol. The molecule has 2 aromatic rings. The summed E-state index contributed by atoms with van der Waals surface area (Å²) in [7, 11) is 0. The van der Waals surface area contributed by atoms with E-state index >= 15 is 0 Å². The number of rotatable bonds is 6. The molecule has 0 aliphatic carbocycles. The molecule has 0 radical (unpaired) electrons. The summed E-state index contributed by atoms with van der Waals surface area (Å²) < 4.78 is 0. The fourth-order valence-corrected chi connectivity index (χ4v) is 5.14. The van der Waals surface area contributed by atoms with Gasteiger partial charge >= 0.3 is 0 Å². The van der Waals surface area contributed by atoms with Crippen LogP contribution in [0.25, 0.3) is 0 Å². The van der Waals surface area contributed by atoms with Crippen LogP contribution in [0.3, 0.4) is 0 Å². The number of nitriles is 1. The van der Waals surface area contributed by atoms with E-state index in [1.165, 1.54) is 31.2 Å². The van der Waals surface area contributed by atoms with E-state index in [1.807, 2.05) is 19.1 Å². The number of aryl methyl sites for hydroxylation is 1. The van der Waals surface area contributed by atoms with Crippen molar-refractivity contribution in [3.8, 4) is 6.07 Å². The lowest BCUT2D eigenvalue weighted by Crippen LogP contribution is -2.35. The number of nitrogens with zero attached hydrogens (tertiary/aromatic N) is 5. The van der Waals surface area contributed by atoms with Gasteiger partial charge < -0.3 is 9.80 Å². The van der Waals surface area contributed by atoms with Gasteiger partial charge in [0.1, 0.15) is 17.5 Å². The molecule has 29 heavy (non-hydrogen) atoms. The summed E-state index contributed by atoms with van der Waals surface area (Å²) in [4.78, 5) is 14.5. The molecule has 0 amide bonds. The molecular formula is C23H28ClN5. The molecule has 152 valence electrons. The third-order valence-corrected chi connectivity index (χ3v) is 6.43. The second-order valence-electron chi connectivity index (χ2n) is 8.13. The Kier molecular flexibility index (Phi) is 5.65. The van der Waals surface area contributed by atoms with Gasteiger partial charge in [0.15, 0.2) is 0 Å². The van der Waals surface area contributed by atoms with Crippen LogP contribution in [0.15, 0.2) is 18.2 Å². The van der Waals surface area contributed by atoms with Gasteiger partial charge in [0.25, 0.3) is 0 Å². The molecule has 1 unspecified atom stereocenters. The molecule has 3 heterocycles. The van der Waals surface area contributed by atoms with Gasteiger partial charge in [-0.2, -0.15) is 5.26 Å². The van der Waals surface area contributed by atoms with Crippen LogP contribution in [0, 0.1) is 18.3 Å². The first-order chi connectivity index (χ1) is 14.1. The second kappa shape index (κ2) is 8.20. The summed E-state index contributed by atoms with van der Waals surface area (Å²) >= 11 is 6.55. The number of hydrogen-bond acceptors (Lipinski definition) is 5. The zero-order chi connectivity index (χ0) is 20.5. The smallest absolute Gasteiger partial charge is 0.142 e. The van der Waals surface area contributed by atoms with Crippen molar-refractivity contribution in [2.75, 3.05) is 22.9 Å². The van der Waals surface area contributed by atoms with Crippen molar-refractivity contribution in [1.82, 2.24) is 9.97 Å². The SMILES string of the molecule is CCCC(CCC)N1CC2CCN(c3ccc(C#N)cc3Cl)c3nc(C)nc1c32. The largest absolute Gasteiger partial charge is 0.353 e. The average molecular weight is 410 g/mol. The van der Waals surface area contributed by atoms with E-state index in [9.17, 15) is 0 Å². The van der Waals surface area contributed by atoms with Crippen LogP contribution in [0.2, 0.25) is 5.02 Å². The Bertz CT molecular complexity index is 945. The fraction of sp³-hybridized carbons (Fsp3) is 0.522. The van der Waals surface area contributed by atoms with Crippen molar-refractivity contribution in [3.05, 3.63) is 40.2 Å².